The van der Waals surface area contributed by atoms with Gasteiger partial charge in [0.05, 0.1) is 14.4 Å². The minimum Gasteiger partial charge on any atom is -0.484 e. The van der Waals surface area contributed by atoms with E-state index >= 15 is 0 Å². The van der Waals surface area contributed by atoms with Crippen LogP contribution in [0.1, 0.15) is 17.4 Å². The van der Waals surface area contributed by atoms with Gasteiger partial charge in [0.25, 0.3) is 5.91 Å². The highest BCUT2D eigenvalue weighted by Crippen LogP contribution is 2.22. The number of aryl methyl sites for hydroxylation is 1. The molecule has 1 heterocycles. The predicted octanol–water partition coefficient (Wildman–Crippen LogP) is 3.74. The first-order chi connectivity index (χ1) is 10.0. The van der Waals surface area contributed by atoms with Crippen LogP contribution in [0.2, 0.25) is 0 Å². The van der Waals surface area contributed by atoms with Crippen molar-refractivity contribution in [2.24, 2.45) is 5.10 Å². The SMILES string of the molecule is C/C(=N\NC(=O)COc1ccc(C)cc1)c1ccc(Br)s1. The lowest BCUT2D eigenvalue weighted by Gasteiger charge is -2.05. The number of hydrogen-bond acceptors (Lipinski definition) is 4. The average molecular weight is 367 g/mol. The van der Waals surface area contributed by atoms with Crippen molar-refractivity contribution in [1.82, 2.24) is 5.43 Å². The van der Waals surface area contributed by atoms with Crippen molar-refractivity contribution in [3.05, 3.63) is 50.6 Å². The zero-order valence-corrected chi connectivity index (χ0v) is 14.1. The van der Waals surface area contributed by atoms with Gasteiger partial charge in [-0.25, -0.2) is 5.43 Å². The zero-order valence-electron chi connectivity index (χ0n) is 11.7. The van der Waals surface area contributed by atoms with Gasteiger partial charge in [-0.2, -0.15) is 5.10 Å². The van der Waals surface area contributed by atoms with E-state index in [9.17, 15) is 4.79 Å². The van der Waals surface area contributed by atoms with Crippen molar-refractivity contribution < 1.29 is 9.53 Å². The highest BCUT2D eigenvalue weighted by atomic mass is 79.9. The monoisotopic (exact) mass is 366 g/mol. The summed E-state index contributed by atoms with van der Waals surface area (Å²) in [6.07, 6.45) is 0. The Hall–Kier alpha value is -1.66. The van der Waals surface area contributed by atoms with E-state index in [1.165, 1.54) is 0 Å². The Balaban J connectivity index is 1.83. The molecule has 0 spiro atoms. The van der Waals surface area contributed by atoms with Gasteiger partial charge in [-0.15, -0.1) is 11.3 Å². The largest absolute Gasteiger partial charge is 0.484 e. The number of rotatable bonds is 5. The summed E-state index contributed by atoms with van der Waals surface area (Å²) in [4.78, 5) is 12.7. The highest BCUT2D eigenvalue weighted by Gasteiger charge is 2.04. The van der Waals surface area contributed by atoms with E-state index in [-0.39, 0.29) is 12.5 Å². The predicted molar refractivity (Wildman–Crippen MR) is 89.0 cm³/mol. The van der Waals surface area contributed by atoms with Gasteiger partial charge < -0.3 is 4.74 Å². The Labute approximate surface area is 136 Å². The van der Waals surface area contributed by atoms with E-state index in [1.807, 2.05) is 50.2 Å². The van der Waals surface area contributed by atoms with Gasteiger partial charge in [0, 0.05) is 0 Å². The molecule has 0 aliphatic heterocycles. The lowest BCUT2D eigenvalue weighted by Crippen LogP contribution is -2.25. The van der Waals surface area contributed by atoms with Crippen LogP contribution in [0.15, 0.2) is 45.3 Å². The molecule has 0 aliphatic carbocycles. The third-order valence-corrected chi connectivity index (χ3v) is 4.40. The molecule has 1 aromatic heterocycles. The standard InChI is InChI=1S/C15H15BrN2O2S/c1-10-3-5-12(6-4-10)20-9-15(19)18-17-11(2)13-7-8-14(16)21-13/h3-8H,9H2,1-2H3,(H,18,19)/b17-11+. The summed E-state index contributed by atoms with van der Waals surface area (Å²) in [5.74, 6) is 0.379. The Morgan fingerprint density at radius 2 is 2.00 bits per heavy atom. The summed E-state index contributed by atoms with van der Waals surface area (Å²) in [5, 5.41) is 4.06. The van der Waals surface area contributed by atoms with Crippen molar-refractivity contribution in [2.75, 3.05) is 6.61 Å². The van der Waals surface area contributed by atoms with Gasteiger partial charge >= 0.3 is 0 Å². The molecule has 4 nitrogen and oxygen atoms in total. The van der Waals surface area contributed by atoms with E-state index in [0.29, 0.717) is 5.75 Å². The van der Waals surface area contributed by atoms with Crippen LogP contribution in [0.25, 0.3) is 0 Å². The molecule has 6 heteroatoms. The van der Waals surface area contributed by atoms with Gasteiger partial charge in [-0.05, 0) is 54.0 Å². The second-order valence-electron chi connectivity index (χ2n) is 4.44. The summed E-state index contributed by atoms with van der Waals surface area (Å²) < 4.78 is 6.41. The maximum Gasteiger partial charge on any atom is 0.277 e. The second-order valence-corrected chi connectivity index (χ2v) is 6.90. The molecule has 0 saturated heterocycles. The molecule has 0 aliphatic rings. The van der Waals surface area contributed by atoms with Crippen LogP contribution in [0.5, 0.6) is 5.75 Å². The quantitative estimate of drug-likeness (QED) is 0.647. The van der Waals surface area contributed by atoms with E-state index in [0.717, 1.165) is 19.9 Å². The number of halogens is 1. The van der Waals surface area contributed by atoms with Crippen LogP contribution >= 0.6 is 27.3 Å². The van der Waals surface area contributed by atoms with Crippen molar-refractivity contribution >= 4 is 38.9 Å². The number of thiophene rings is 1. The van der Waals surface area contributed by atoms with Crippen LogP contribution in [0.3, 0.4) is 0 Å². The number of nitrogens with zero attached hydrogens (tertiary/aromatic N) is 1. The number of nitrogens with one attached hydrogen (secondary N) is 1. The number of ether oxygens (including phenoxy) is 1. The number of benzene rings is 1. The molecule has 2 aromatic rings. The fourth-order valence-corrected chi connectivity index (χ4v) is 2.86. The fraction of sp³-hybridized carbons (Fsp3) is 0.200. The smallest absolute Gasteiger partial charge is 0.277 e. The minimum absolute atomic E-state index is 0.0615. The van der Waals surface area contributed by atoms with Gasteiger partial charge in [-0.1, -0.05) is 17.7 Å². The Bertz CT molecular complexity index is 650. The molecule has 1 N–H and O–H groups in total. The number of carbonyl (C=O) groups is 1. The number of carbonyl (C=O) groups excluding carboxylic acids is 1. The molecule has 0 saturated carbocycles. The lowest BCUT2D eigenvalue weighted by molar-refractivity contribution is -0.123. The summed E-state index contributed by atoms with van der Waals surface area (Å²) >= 11 is 4.95. The lowest BCUT2D eigenvalue weighted by atomic mass is 10.2. The zero-order chi connectivity index (χ0) is 15.2. The van der Waals surface area contributed by atoms with E-state index in [1.54, 1.807) is 11.3 Å². The molecule has 0 unspecified atom stereocenters. The maximum absolute atomic E-state index is 11.7. The molecule has 0 fully saturated rings. The Morgan fingerprint density at radius 1 is 1.29 bits per heavy atom. The van der Waals surface area contributed by atoms with Gasteiger partial charge in [0.1, 0.15) is 5.75 Å². The van der Waals surface area contributed by atoms with Gasteiger partial charge in [0.15, 0.2) is 6.61 Å². The third kappa shape index (κ3) is 4.99. The molecule has 2 rings (SSSR count). The van der Waals surface area contributed by atoms with Gasteiger partial charge in [-0.3, -0.25) is 4.79 Å². The normalized spacial score (nSPS) is 11.3. The molecular weight excluding hydrogens is 352 g/mol. The summed E-state index contributed by atoms with van der Waals surface area (Å²) in [7, 11) is 0. The minimum atomic E-state index is -0.287. The highest BCUT2D eigenvalue weighted by molar-refractivity contribution is 9.11. The van der Waals surface area contributed by atoms with Crippen LogP contribution in [-0.4, -0.2) is 18.2 Å². The summed E-state index contributed by atoms with van der Waals surface area (Å²) in [5.41, 5.74) is 4.39. The maximum atomic E-state index is 11.7. The topological polar surface area (TPSA) is 50.7 Å². The van der Waals surface area contributed by atoms with E-state index < -0.39 is 0 Å². The second kappa shape index (κ2) is 7.38. The fourth-order valence-electron chi connectivity index (χ4n) is 1.53. The number of amides is 1. The molecule has 0 atom stereocenters. The van der Waals surface area contributed by atoms with Crippen LogP contribution in [-0.2, 0) is 4.79 Å². The average Bonchev–Trinajstić information content (AvgIpc) is 2.91. The third-order valence-electron chi connectivity index (χ3n) is 2.67. The van der Waals surface area contributed by atoms with E-state index in [4.69, 9.17) is 4.74 Å². The molecule has 0 radical (unpaired) electrons. The molecular formula is C15H15BrN2O2S. The molecule has 1 amide bonds. The summed E-state index contributed by atoms with van der Waals surface area (Å²) in [6.45, 7) is 3.78. The van der Waals surface area contributed by atoms with Crippen molar-refractivity contribution in [3.63, 3.8) is 0 Å². The molecule has 110 valence electrons. The van der Waals surface area contributed by atoms with Crippen molar-refractivity contribution in [2.45, 2.75) is 13.8 Å². The summed E-state index contributed by atoms with van der Waals surface area (Å²) in [6, 6.07) is 11.4. The van der Waals surface area contributed by atoms with Gasteiger partial charge in [0.2, 0.25) is 0 Å². The van der Waals surface area contributed by atoms with Crippen LogP contribution in [0.4, 0.5) is 0 Å². The number of hydrazone groups is 1. The van der Waals surface area contributed by atoms with Crippen molar-refractivity contribution in [3.8, 4) is 5.75 Å². The Morgan fingerprint density at radius 3 is 2.62 bits per heavy atom. The first kappa shape index (κ1) is 15.7. The molecule has 0 bridgehead atoms. The van der Waals surface area contributed by atoms with Crippen LogP contribution in [0, 0.1) is 6.92 Å². The first-order valence-corrected chi connectivity index (χ1v) is 7.94. The number of hydrogen-bond donors (Lipinski definition) is 1. The van der Waals surface area contributed by atoms with Crippen molar-refractivity contribution in [1.29, 1.82) is 0 Å². The molecule has 1 aromatic carbocycles. The van der Waals surface area contributed by atoms with Crippen LogP contribution < -0.4 is 10.2 Å². The van der Waals surface area contributed by atoms with E-state index in [2.05, 4.69) is 26.5 Å². The first-order valence-electron chi connectivity index (χ1n) is 6.33. The molecule has 21 heavy (non-hydrogen) atoms. The Kier molecular flexibility index (Phi) is 5.52.